The molecule has 2 heterocycles. The maximum absolute atomic E-state index is 12.6. The van der Waals surface area contributed by atoms with Crippen LogP contribution in [-0.2, 0) is 22.6 Å². The van der Waals surface area contributed by atoms with Gasteiger partial charge in [0.1, 0.15) is 0 Å². The normalized spacial score (nSPS) is 18.2. The van der Waals surface area contributed by atoms with E-state index in [2.05, 4.69) is 6.07 Å². The van der Waals surface area contributed by atoms with Crippen molar-refractivity contribution in [3.05, 3.63) is 34.9 Å². The molecular weight excluding hydrogens is 328 g/mol. The molecule has 3 rings (SSSR count). The molecule has 2 amide bonds. The number of ketones is 1. The summed E-state index contributed by atoms with van der Waals surface area (Å²) in [5.74, 6) is 0.860. The Kier molecular flexibility index (Phi) is 6.07. The number of piperidine rings is 1. The molecule has 0 aromatic heterocycles. The fourth-order valence-electron chi connectivity index (χ4n) is 4.07. The van der Waals surface area contributed by atoms with Crippen LogP contribution in [0.2, 0.25) is 0 Å². The quantitative estimate of drug-likeness (QED) is 0.602. The third-order valence-electron chi connectivity index (χ3n) is 5.78. The van der Waals surface area contributed by atoms with E-state index in [1.165, 1.54) is 5.56 Å². The summed E-state index contributed by atoms with van der Waals surface area (Å²) >= 11 is 0. The number of benzene rings is 1. The van der Waals surface area contributed by atoms with E-state index in [4.69, 9.17) is 0 Å². The maximum atomic E-state index is 12.6. The lowest BCUT2D eigenvalue weighted by Gasteiger charge is -2.31. The summed E-state index contributed by atoms with van der Waals surface area (Å²) in [6, 6.07) is 5.98. The van der Waals surface area contributed by atoms with Gasteiger partial charge >= 0.3 is 0 Å². The highest BCUT2D eigenvalue weighted by Crippen LogP contribution is 2.24. The zero-order valence-corrected chi connectivity index (χ0v) is 15.6. The Morgan fingerprint density at radius 2 is 1.92 bits per heavy atom. The molecule has 1 aromatic carbocycles. The van der Waals surface area contributed by atoms with Gasteiger partial charge in [0.05, 0.1) is 0 Å². The third kappa shape index (κ3) is 4.51. The lowest BCUT2D eigenvalue weighted by atomic mass is 9.89. The highest BCUT2D eigenvalue weighted by molar-refractivity contribution is 5.96. The average molecular weight is 356 g/mol. The molecule has 2 aliphatic rings. The van der Waals surface area contributed by atoms with Crippen molar-refractivity contribution in [3.8, 4) is 0 Å². The van der Waals surface area contributed by atoms with Gasteiger partial charge in [-0.3, -0.25) is 14.4 Å². The largest absolute Gasteiger partial charge is 0.343 e. The summed E-state index contributed by atoms with van der Waals surface area (Å²) in [5.41, 5.74) is 3.12. The van der Waals surface area contributed by atoms with Crippen molar-refractivity contribution in [2.45, 2.75) is 52.0 Å². The Hall–Kier alpha value is -2.17. The van der Waals surface area contributed by atoms with E-state index < -0.39 is 0 Å². The zero-order chi connectivity index (χ0) is 18.5. The molecule has 1 saturated heterocycles. The van der Waals surface area contributed by atoms with Crippen molar-refractivity contribution in [1.29, 1.82) is 0 Å². The second kappa shape index (κ2) is 8.47. The van der Waals surface area contributed by atoms with Crippen LogP contribution < -0.4 is 0 Å². The summed E-state index contributed by atoms with van der Waals surface area (Å²) < 4.78 is 0. The third-order valence-corrected chi connectivity index (χ3v) is 5.78. The predicted octanol–water partition coefficient (Wildman–Crippen LogP) is 2.81. The lowest BCUT2D eigenvalue weighted by molar-refractivity contribution is -0.130. The molecule has 0 aliphatic carbocycles. The first-order valence-corrected chi connectivity index (χ1v) is 9.66. The molecule has 0 atom stereocenters. The molecule has 5 heteroatoms. The van der Waals surface area contributed by atoms with E-state index in [-0.39, 0.29) is 11.7 Å². The molecule has 1 aromatic rings. The van der Waals surface area contributed by atoms with Crippen molar-refractivity contribution >= 4 is 18.1 Å². The molecule has 0 radical (unpaired) electrons. The van der Waals surface area contributed by atoms with E-state index >= 15 is 0 Å². The van der Waals surface area contributed by atoms with Crippen LogP contribution in [0.5, 0.6) is 0 Å². The number of likely N-dealkylation sites (tertiary alicyclic amines) is 1. The number of fused-ring (bicyclic) bond motifs is 1. The Balaban J connectivity index is 1.56. The van der Waals surface area contributed by atoms with Crippen molar-refractivity contribution in [2.75, 3.05) is 19.6 Å². The number of carbonyl (C=O) groups is 3. The van der Waals surface area contributed by atoms with Crippen molar-refractivity contribution in [1.82, 2.24) is 9.80 Å². The first kappa shape index (κ1) is 18.6. The number of hydrogen-bond donors (Lipinski definition) is 0. The molecule has 0 saturated carbocycles. The monoisotopic (exact) mass is 356 g/mol. The van der Waals surface area contributed by atoms with Crippen LogP contribution in [-0.4, -0.2) is 47.5 Å². The van der Waals surface area contributed by atoms with E-state index in [9.17, 15) is 14.4 Å². The van der Waals surface area contributed by atoms with Crippen molar-refractivity contribution in [2.24, 2.45) is 5.92 Å². The summed E-state index contributed by atoms with van der Waals surface area (Å²) in [7, 11) is 0. The maximum Gasteiger partial charge on any atom is 0.219 e. The van der Waals surface area contributed by atoms with E-state index in [1.54, 1.807) is 11.8 Å². The predicted molar refractivity (Wildman–Crippen MR) is 99.8 cm³/mol. The Labute approximate surface area is 155 Å². The molecule has 26 heavy (non-hydrogen) atoms. The number of carbonyl (C=O) groups excluding carboxylic acids is 3. The van der Waals surface area contributed by atoms with Crippen LogP contribution in [0.3, 0.4) is 0 Å². The van der Waals surface area contributed by atoms with Crippen LogP contribution in [0.4, 0.5) is 0 Å². The molecular formula is C21H28N2O3. The van der Waals surface area contributed by atoms with Gasteiger partial charge in [0.25, 0.3) is 0 Å². The molecule has 0 spiro atoms. The molecule has 140 valence electrons. The number of nitrogens with zero attached hydrogens (tertiary/aromatic N) is 2. The van der Waals surface area contributed by atoms with Crippen LogP contribution in [0.15, 0.2) is 18.2 Å². The number of rotatable bonds is 5. The van der Waals surface area contributed by atoms with Crippen LogP contribution in [0.25, 0.3) is 0 Å². The number of amides is 2. The number of aryl methyl sites for hydroxylation is 1. The average Bonchev–Trinajstić information content (AvgIpc) is 2.87. The van der Waals surface area contributed by atoms with E-state index in [0.29, 0.717) is 18.9 Å². The van der Waals surface area contributed by atoms with Crippen LogP contribution in [0.1, 0.15) is 60.5 Å². The minimum absolute atomic E-state index is 0.147. The fraction of sp³-hybridized carbons (Fsp3) is 0.571. The first-order chi connectivity index (χ1) is 12.6. The van der Waals surface area contributed by atoms with Gasteiger partial charge in [-0.1, -0.05) is 12.1 Å². The smallest absolute Gasteiger partial charge is 0.219 e. The second-order valence-corrected chi connectivity index (χ2v) is 7.57. The molecule has 1 fully saturated rings. The first-order valence-electron chi connectivity index (χ1n) is 9.66. The van der Waals surface area contributed by atoms with Crippen molar-refractivity contribution < 1.29 is 14.4 Å². The minimum atomic E-state index is 0.147. The van der Waals surface area contributed by atoms with Gasteiger partial charge in [0.2, 0.25) is 12.3 Å². The van der Waals surface area contributed by atoms with Gasteiger partial charge < -0.3 is 9.80 Å². The lowest BCUT2D eigenvalue weighted by Crippen LogP contribution is -2.37. The summed E-state index contributed by atoms with van der Waals surface area (Å²) in [6.07, 6.45) is 6.26. The molecule has 0 unspecified atom stereocenters. The highest BCUT2D eigenvalue weighted by Gasteiger charge is 2.22. The Morgan fingerprint density at radius 1 is 1.15 bits per heavy atom. The topological polar surface area (TPSA) is 57.7 Å². The van der Waals surface area contributed by atoms with E-state index in [1.807, 2.05) is 17.0 Å². The van der Waals surface area contributed by atoms with Gasteiger partial charge in [-0.05, 0) is 55.2 Å². The number of hydrogen-bond acceptors (Lipinski definition) is 3. The Bertz CT molecular complexity index is 678. The molecule has 2 aliphatic heterocycles. The number of Topliss-reactive ketones (excluding diaryl/α,β-unsaturated/α-hetero) is 1. The van der Waals surface area contributed by atoms with Gasteiger partial charge in [-0.2, -0.15) is 0 Å². The summed E-state index contributed by atoms with van der Waals surface area (Å²) in [5, 5.41) is 0. The van der Waals surface area contributed by atoms with Crippen LogP contribution in [0, 0.1) is 5.92 Å². The molecule has 0 bridgehead atoms. The fourth-order valence-corrected chi connectivity index (χ4v) is 4.07. The molecule has 0 N–H and O–H groups in total. The van der Waals surface area contributed by atoms with Crippen LogP contribution >= 0.6 is 0 Å². The Morgan fingerprint density at radius 3 is 2.62 bits per heavy atom. The molecule has 5 nitrogen and oxygen atoms in total. The second-order valence-electron chi connectivity index (χ2n) is 7.57. The van der Waals surface area contributed by atoms with Gasteiger partial charge in [-0.15, -0.1) is 0 Å². The highest BCUT2D eigenvalue weighted by atomic mass is 16.2. The van der Waals surface area contributed by atoms with Gasteiger partial charge in [-0.25, -0.2) is 0 Å². The van der Waals surface area contributed by atoms with Gasteiger partial charge in [0, 0.05) is 45.1 Å². The summed E-state index contributed by atoms with van der Waals surface area (Å²) in [4.78, 5) is 38.8. The van der Waals surface area contributed by atoms with Crippen molar-refractivity contribution in [3.63, 3.8) is 0 Å². The minimum Gasteiger partial charge on any atom is -0.343 e. The SMILES string of the molecule is CC(=O)N1CCC(CCC(=O)c2ccc3c(c2)CN(C=O)CCC3)CC1. The van der Waals surface area contributed by atoms with Gasteiger partial charge in [0.15, 0.2) is 5.78 Å². The standard InChI is InChI=1S/C21H28N2O3/c1-16(25)23-11-8-17(9-12-23)4-7-21(26)19-6-5-18-3-2-10-22(15-24)14-20(18)13-19/h5-6,13,15,17H,2-4,7-12,14H2,1H3. The summed E-state index contributed by atoms with van der Waals surface area (Å²) in [6.45, 7) is 4.63. The zero-order valence-electron chi connectivity index (χ0n) is 15.6. The van der Waals surface area contributed by atoms with E-state index in [0.717, 1.165) is 69.3 Å².